The van der Waals surface area contributed by atoms with E-state index in [1.54, 1.807) is 24.3 Å². The molecule has 0 radical (unpaired) electrons. The van der Waals surface area contributed by atoms with Crippen LogP contribution in [-0.4, -0.2) is 28.9 Å². The maximum absolute atomic E-state index is 11.9. The fourth-order valence-electron chi connectivity index (χ4n) is 1.41. The Bertz CT molecular complexity index is 564. The first-order valence-electron chi connectivity index (χ1n) is 5.30. The number of halogens is 3. The van der Waals surface area contributed by atoms with Crippen molar-refractivity contribution in [2.75, 3.05) is 6.61 Å². The number of carbonyl (C=O) groups excluding carboxylic acids is 1. The molecule has 1 aromatic heterocycles. The van der Waals surface area contributed by atoms with Crippen LogP contribution in [-0.2, 0) is 4.74 Å². The Morgan fingerprint density at radius 3 is 2.58 bits per heavy atom. The minimum absolute atomic E-state index is 0.122. The van der Waals surface area contributed by atoms with Gasteiger partial charge in [-0.1, -0.05) is 30.3 Å². The highest BCUT2D eigenvalue weighted by atomic mass is 19.4. The Morgan fingerprint density at radius 1 is 1.26 bits per heavy atom. The second-order valence-electron chi connectivity index (χ2n) is 3.72. The summed E-state index contributed by atoms with van der Waals surface area (Å²) >= 11 is 0. The number of carbonyl (C=O) groups is 1. The Balaban J connectivity index is 2.07. The van der Waals surface area contributed by atoms with E-state index >= 15 is 0 Å². The molecule has 4 nitrogen and oxygen atoms in total. The predicted octanol–water partition coefficient (Wildman–Crippen LogP) is 2.80. The molecule has 2 aromatic rings. The molecule has 19 heavy (non-hydrogen) atoms. The van der Waals surface area contributed by atoms with Crippen molar-refractivity contribution in [2.45, 2.75) is 6.18 Å². The number of benzene rings is 1. The summed E-state index contributed by atoms with van der Waals surface area (Å²) in [7, 11) is 0. The summed E-state index contributed by atoms with van der Waals surface area (Å²) in [6.07, 6.45) is -4.54. The monoisotopic (exact) mass is 270 g/mol. The third kappa shape index (κ3) is 3.57. The van der Waals surface area contributed by atoms with Gasteiger partial charge in [0, 0.05) is 5.56 Å². The Morgan fingerprint density at radius 2 is 1.95 bits per heavy atom. The molecule has 0 saturated heterocycles. The van der Waals surface area contributed by atoms with Gasteiger partial charge in [0.25, 0.3) is 0 Å². The molecule has 0 atom stereocenters. The molecule has 100 valence electrons. The summed E-state index contributed by atoms with van der Waals surface area (Å²) in [5.74, 6) is -1.09. The number of H-pyrrole nitrogens is 1. The Hall–Kier alpha value is -2.31. The molecule has 1 heterocycles. The largest absolute Gasteiger partial charge is 0.451 e. The van der Waals surface area contributed by atoms with Gasteiger partial charge < -0.3 is 4.74 Å². The van der Waals surface area contributed by atoms with Gasteiger partial charge >= 0.3 is 12.1 Å². The number of aromatic nitrogens is 2. The van der Waals surface area contributed by atoms with Gasteiger partial charge in [0.05, 0.1) is 5.69 Å². The number of esters is 1. The van der Waals surface area contributed by atoms with E-state index < -0.39 is 18.8 Å². The summed E-state index contributed by atoms with van der Waals surface area (Å²) in [5, 5.41) is 6.19. The van der Waals surface area contributed by atoms with Crippen molar-refractivity contribution in [3.63, 3.8) is 0 Å². The van der Waals surface area contributed by atoms with Crippen LogP contribution >= 0.6 is 0 Å². The second-order valence-corrected chi connectivity index (χ2v) is 3.72. The fourth-order valence-corrected chi connectivity index (χ4v) is 1.41. The molecule has 0 bridgehead atoms. The number of rotatable bonds is 3. The van der Waals surface area contributed by atoms with E-state index in [9.17, 15) is 18.0 Å². The van der Waals surface area contributed by atoms with Crippen LogP contribution in [0.2, 0.25) is 0 Å². The van der Waals surface area contributed by atoms with Gasteiger partial charge in [-0.3, -0.25) is 5.10 Å². The molecule has 7 heteroatoms. The van der Waals surface area contributed by atoms with Crippen molar-refractivity contribution in [3.05, 3.63) is 42.1 Å². The van der Waals surface area contributed by atoms with Crippen LogP contribution in [0.25, 0.3) is 11.3 Å². The summed E-state index contributed by atoms with van der Waals surface area (Å²) in [4.78, 5) is 11.3. The number of aromatic amines is 1. The van der Waals surface area contributed by atoms with Crippen LogP contribution in [0.1, 0.15) is 10.5 Å². The zero-order chi connectivity index (χ0) is 13.9. The molecule has 0 fully saturated rings. The molecule has 1 N–H and O–H groups in total. The van der Waals surface area contributed by atoms with Crippen molar-refractivity contribution < 1.29 is 22.7 Å². The van der Waals surface area contributed by atoms with Crippen LogP contribution in [0.5, 0.6) is 0 Å². The molecule has 2 rings (SSSR count). The molecule has 0 amide bonds. The van der Waals surface area contributed by atoms with Crippen molar-refractivity contribution in [3.8, 4) is 11.3 Å². The summed E-state index contributed by atoms with van der Waals surface area (Å²) in [6, 6.07) is 10.3. The first-order chi connectivity index (χ1) is 8.96. The number of nitrogens with one attached hydrogen (secondary N) is 1. The van der Waals surface area contributed by atoms with Gasteiger partial charge in [0.2, 0.25) is 0 Å². The van der Waals surface area contributed by atoms with Crippen LogP contribution in [0.15, 0.2) is 36.4 Å². The number of nitrogens with zero attached hydrogens (tertiary/aromatic N) is 1. The van der Waals surface area contributed by atoms with E-state index in [1.807, 2.05) is 6.07 Å². The first kappa shape index (κ1) is 13.1. The third-order valence-electron chi connectivity index (χ3n) is 2.23. The number of ether oxygens (including phenoxy) is 1. The molecule has 0 spiro atoms. The number of hydrogen-bond acceptors (Lipinski definition) is 3. The van der Waals surface area contributed by atoms with Crippen LogP contribution in [0.3, 0.4) is 0 Å². The maximum atomic E-state index is 11.9. The topological polar surface area (TPSA) is 55.0 Å². The standard InChI is InChI=1S/C12H9F3N2O2/c13-12(14,15)7-19-11(18)10-6-9(16-17-10)8-4-2-1-3-5-8/h1-6H,7H2,(H,16,17). The highest BCUT2D eigenvalue weighted by Crippen LogP contribution is 2.18. The van der Waals surface area contributed by atoms with Crippen molar-refractivity contribution in [1.29, 1.82) is 0 Å². The van der Waals surface area contributed by atoms with Gasteiger partial charge in [-0.25, -0.2) is 4.79 Å². The van der Waals surface area contributed by atoms with E-state index in [1.165, 1.54) is 6.07 Å². The lowest BCUT2D eigenvalue weighted by atomic mass is 10.1. The van der Waals surface area contributed by atoms with Crippen molar-refractivity contribution in [1.82, 2.24) is 10.2 Å². The molecule has 0 aliphatic carbocycles. The average Bonchev–Trinajstić information content (AvgIpc) is 2.86. The van der Waals surface area contributed by atoms with Gasteiger partial charge in [0.15, 0.2) is 6.61 Å². The summed E-state index contributed by atoms with van der Waals surface area (Å²) in [6.45, 7) is -1.62. The fraction of sp³-hybridized carbons (Fsp3) is 0.167. The highest BCUT2D eigenvalue weighted by Gasteiger charge is 2.30. The lowest BCUT2D eigenvalue weighted by molar-refractivity contribution is -0.161. The third-order valence-corrected chi connectivity index (χ3v) is 2.23. The molecule has 0 saturated carbocycles. The van der Waals surface area contributed by atoms with E-state index in [0.29, 0.717) is 5.69 Å². The summed E-state index contributed by atoms with van der Waals surface area (Å²) < 4.78 is 39.8. The van der Waals surface area contributed by atoms with Crippen molar-refractivity contribution in [2.24, 2.45) is 0 Å². The average molecular weight is 270 g/mol. The normalized spacial score (nSPS) is 11.3. The SMILES string of the molecule is O=C(OCC(F)(F)F)c1cc(-c2ccccc2)n[nH]1. The Kier molecular flexibility index (Phi) is 3.55. The highest BCUT2D eigenvalue weighted by molar-refractivity contribution is 5.88. The van der Waals surface area contributed by atoms with E-state index in [2.05, 4.69) is 14.9 Å². The lowest BCUT2D eigenvalue weighted by Gasteiger charge is -2.05. The molecule has 0 aliphatic heterocycles. The van der Waals surface area contributed by atoms with E-state index in [-0.39, 0.29) is 5.69 Å². The van der Waals surface area contributed by atoms with Gasteiger partial charge in [0.1, 0.15) is 5.69 Å². The minimum atomic E-state index is -4.54. The second kappa shape index (κ2) is 5.13. The maximum Gasteiger partial charge on any atom is 0.422 e. The lowest BCUT2D eigenvalue weighted by Crippen LogP contribution is -2.20. The van der Waals surface area contributed by atoms with Gasteiger partial charge in [-0.15, -0.1) is 0 Å². The van der Waals surface area contributed by atoms with Gasteiger partial charge in [-0.2, -0.15) is 18.3 Å². The zero-order valence-electron chi connectivity index (χ0n) is 9.57. The first-order valence-corrected chi connectivity index (χ1v) is 5.30. The van der Waals surface area contributed by atoms with Crippen LogP contribution in [0.4, 0.5) is 13.2 Å². The molecular formula is C12H9F3N2O2. The smallest absolute Gasteiger partial charge is 0.422 e. The van der Waals surface area contributed by atoms with Crippen LogP contribution < -0.4 is 0 Å². The summed E-state index contributed by atoms with van der Waals surface area (Å²) in [5.41, 5.74) is 1.08. The van der Waals surface area contributed by atoms with E-state index in [4.69, 9.17) is 0 Å². The van der Waals surface area contributed by atoms with Gasteiger partial charge in [-0.05, 0) is 6.07 Å². The van der Waals surface area contributed by atoms with E-state index in [0.717, 1.165) is 5.56 Å². The predicted molar refractivity (Wildman–Crippen MR) is 60.4 cm³/mol. The Labute approximate surface area is 106 Å². The number of alkyl halides is 3. The minimum Gasteiger partial charge on any atom is -0.451 e. The zero-order valence-corrected chi connectivity index (χ0v) is 9.57. The molecule has 0 unspecified atom stereocenters. The van der Waals surface area contributed by atoms with Crippen LogP contribution in [0, 0.1) is 0 Å². The molecule has 1 aromatic carbocycles. The molecular weight excluding hydrogens is 261 g/mol. The number of hydrogen-bond donors (Lipinski definition) is 1. The van der Waals surface area contributed by atoms with Crippen molar-refractivity contribution >= 4 is 5.97 Å². The quantitative estimate of drug-likeness (QED) is 0.872. The molecule has 0 aliphatic rings.